The number of carbonyl (C=O) groups is 1. The summed E-state index contributed by atoms with van der Waals surface area (Å²) in [6.45, 7) is 4.74. The topological polar surface area (TPSA) is 76.6 Å². The van der Waals surface area contributed by atoms with E-state index in [1.807, 2.05) is 6.92 Å². The molecule has 0 saturated carbocycles. The molecule has 0 atom stereocenters. The van der Waals surface area contributed by atoms with Crippen LogP contribution in [-0.4, -0.2) is 48.0 Å². The molecule has 8 heteroatoms. The zero-order valence-corrected chi connectivity index (χ0v) is 15.8. The first-order valence-electron chi connectivity index (χ1n) is 8.98. The lowest BCUT2D eigenvalue weighted by atomic mass is 10.0. The van der Waals surface area contributed by atoms with Crippen molar-refractivity contribution in [2.24, 2.45) is 0 Å². The smallest absolute Gasteiger partial charge is 0.275 e. The molecule has 3 heterocycles. The zero-order chi connectivity index (χ0) is 18.9. The molecular formula is C19H21ClN4O3. The molecule has 0 unspecified atom stereocenters. The Morgan fingerprint density at radius 3 is 2.59 bits per heavy atom. The summed E-state index contributed by atoms with van der Waals surface area (Å²) in [6, 6.07) is 5.38. The van der Waals surface area contributed by atoms with Gasteiger partial charge in [0.2, 0.25) is 0 Å². The molecule has 1 aromatic carbocycles. The minimum Gasteiger partial charge on any atom is -0.355 e. The molecule has 1 spiro atoms. The molecule has 0 bridgehead atoms. The Kier molecular flexibility index (Phi) is 4.99. The predicted octanol–water partition coefficient (Wildman–Crippen LogP) is 3.03. The number of rotatable bonds is 3. The second-order valence-electron chi connectivity index (χ2n) is 6.72. The first-order chi connectivity index (χ1) is 13.1. The molecule has 4 rings (SSSR count). The Morgan fingerprint density at radius 1 is 1.19 bits per heavy atom. The van der Waals surface area contributed by atoms with Gasteiger partial charge in [0, 0.05) is 36.6 Å². The van der Waals surface area contributed by atoms with Crippen molar-refractivity contribution in [1.29, 1.82) is 0 Å². The fourth-order valence-electron chi connectivity index (χ4n) is 3.39. The largest absolute Gasteiger partial charge is 0.355 e. The lowest BCUT2D eigenvalue weighted by molar-refractivity contribution is -0.169. The van der Waals surface area contributed by atoms with Crippen LogP contribution in [0.2, 0.25) is 5.02 Å². The normalized spacial score (nSPS) is 18.7. The van der Waals surface area contributed by atoms with Crippen molar-refractivity contribution in [1.82, 2.24) is 9.97 Å². The van der Waals surface area contributed by atoms with Crippen LogP contribution in [0.1, 0.15) is 28.9 Å². The molecule has 1 amide bonds. The van der Waals surface area contributed by atoms with Crippen LogP contribution in [-0.2, 0) is 9.47 Å². The van der Waals surface area contributed by atoms with Gasteiger partial charge in [-0.05, 0) is 24.6 Å². The van der Waals surface area contributed by atoms with E-state index < -0.39 is 5.79 Å². The molecular weight excluding hydrogens is 368 g/mol. The number of anilines is 2. The second kappa shape index (κ2) is 7.42. The molecule has 1 N–H and O–H groups in total. The van der Waals surface area contributed by atoms with Crippen molar-refractivity contribution in [2.75, 3.05) is 36.5 Å². The Balaban J connectivity index is 1.40. The predicted molar refractivity (Wildman–Crippen MR) is 102 cm³/mol. The number of carbonyl (C=O) groups excluding carboxylic acids is 1. The van der Waals surface area contributed by atoms with Crippen LogP contribution in [0.15, 0.2) is 30.6 Å². The number of piperidine rings is 1. The van der Waals surface area contributed by atoms with Crippen molar-refractivity contribution in [3.8, 4) is 0 Å². The summed E-state index contributed by atoms with van der Waals surface area (Å²) in [6.07, 6.45) is 4.72. The van der Waals surface area contributed by atoms with Gasteiger partial charge in [0.15, 0.2) is 5.79 Å². The van der Waals surface area contributed by atoms with E-state index in [-0.39, 0.29) is 11.6 Å². The summed E-state index contributed by atoms with van der Waals surface area (Å²) < 4.78 is 11.5. The maximum Gasteiger partial charge on any atom is 0.275 e. The van der Waals surface area contributed by atoms with Gasteiger partial charge in [-0.1, -0.05) is 17.7 Å². The number of hydrogen-bond acceptors (Lipinski definition) is 6. The lowest BCUT2D eigenvalue weighted by Crippen LogP contribution is -2.45. The molecule has 2 aliphatic heterocycles. The maximum absolute atomic E-state index is 12.4. The summed E-state index contributed by atoms with van der Waals surface area (Å²) in [4.78, 5) is 23.3. The second-order valence-corrected chi connectivity index (χ2v) is 7.13. The van der Waals surface area contributed by atoms with Gasteiger partial charge in [0.05, 0.1) is 25.6 Å². The highest BCUT2D eigenvalue weighted by Crippen LogP contribution is 2.32. The number of ether oxygens (including phenoxy) is 2. The summed E-state index contributed by atoms with van der Waals surface area (Å²) >= 11 is 6.09. The minimum absolute atomic E-state index is 0.258. The quantitative estimate of drug-likeness (QED) is 0.870. The van der Waals surface area contributed by atoms with Crippen LogP contribution in [0.4, 0.5) is 11.5 Å². The lowest BCUT2D eigenvalue weighted by Gasteiger charge is -2.37. The third-order valence-electron chi connectivity index (χ3n) is 5.05. The zero-order valence-electron chi connectivity index (χ0n) is 15.1. The molecule has 7 nitrogen and oxygen atoms in total. The Morgan fingerprint density at radius 2 is 1.93 bits per heavy atom. The van der Waals surface area contributed by atoms with E-state index in [4.69, 9.17) is 21.1 Å². The van der Waals surface area contributed by atoms with Gasteiger partial charge in [0.1, 0.15) is 11.5 Å². The van der Waals surface area contributed by atoms with Gasteiger partial charge in [-0.2, -0.15) is 0 Å². The van der Waals surface area contributed by atoms with Crippen molar-refractivity contribution in [3.05, 3.63) is 46.9 Å². The van der Waals surface area contributed by atoms with Crippen LogP contribution in [0, 0.1) is 6.92 Å². The monoisotopic (exact) mass is 388 g/mol. The van der Waals surface area contributed by atoms with Gasteiger partial charge < -0.3 is 19.7 Å². The van der Waals surface area contributed by atoms with E-state index >= 15 is 0 Å². The SMILES string of the molecule is Cc1c(Cl)cccc1NC(=O)c1cnc(N2CCC3(CC2)OCCO3)cn1. The summed E-state index contributed by atoms with van der Waals surface area (Å²) in [7, 11) is 0. The number of aromatic nitrogens is 2. The van der Waals surface area contributed by atoms with Crippen LogP contribution in [0.3, 0.4) is 0 Å². The summed E-state index contributed by atoms with van der Waals surface area (Å²) in [5.74, 6) is 0.0153. The van der Waals surface area contributed by atoms with Crippen LogP contribution in [0.25, 0.3) is 0 Å². The molecule has 142 valence electrons. The Labute approximate surface area is 162 Å². The number of benzene rings is 1. The highest BCUT2D eigenvalue weighted by Gasteiger charge is 2.40. The van der Waals surface area contributed by atoms with Crippen LogP contribution < -0.4 is 10.2 Å². The minimum atomic E-state index is -0.418. The van der Waals surface area contributed by atoms with Crippen molar-refractivity contribution >= 4 is 29.0 Å². The third-order valence-corrected chi connectivity index (χ3v) is 5.46. The van der Waals surface area contributed by atoms with E-state index in [1.165, 1.54) is 6.20 Å². The molecule has 2 fully saturated rings. The molecule has 2 aromatic rings. The third kappa shape index (κ3) is 3.76. The van der Waals surface area contributed by atoms with Gasteiger partial charge >= 0.3 is 0 Å². The number of nitrogens with one attached hydrogen (secondary N) is 1. The summed E-state index contributed by atoms with van der Waals surface area (Å²) in [5.41, 5.74) is 1.74. The van der Waals surface area contributed by atoms with Crippen LogP contribution in [0.5, 0.6) is 0 Å². The molecule has 1 aromatic heterocycles. The molecule has 2 saturated heterocycles. The standard InChI is InChI=1S/C19H21ClN4O3/c1-13-14(20)3-2-4-15(13)23-18(25)16-11-22-17(12-21-16)24-7-5-19(6-8-24)26-9-10-27-19/h2-4,11-12H,5-10H2,1H3,(H,23,25). The van der Waals surface area contributed by atoms with Crippen LogP contribution >= 0.6 is 11.6 Å². The fourth-order valence-corrected chi connectivity index (χ4v) is 3.57. The van der Waals surface area contributed by atoms with Gasteiger partial charge in [-0.3, -0.25) is 4.79 Å². The molecule has 27 heavy (non-hydrogen) atoms. The maximum atomic E-state index is 12.4. The molecule has 0 aliphatic carbocycles. The number of halogens is 1. The first kappa shape index (κ1) is 18.2. The van der Waals surface area contributed by atoms with Gasteiger partial charge in [0.25, 0.3) is 5.91 Å². The van der Waals surface area contributed by atoms with E-state index in [2.05, 4.69) is 20.2 Å². The highest BCUT2D eigenvalue weighted by atomic mass is 35.5. The molecule has 2 aliphatic rings. The van der Waals surface area contributed by atoms with Crippen molar-refractivity contribution < 1.29 is 14.3 Å². The number of amides is 1. The fraction of sp³-hybridized carbons (Fsp3) is 0.421. The summed E-state index contributed by atoms with van der Waals surface area (Å²) in [5, 5.41) is 3.43. The van der Waals surface area contributed by atoms with E-state index in [0.29, 0.717) is 23.9 Å². The number of nitrogens with zero attached hydrogens (tertiary/aromatic N) is 3. The highest BCUT2D eigenvalue weighted by molar-refractivity contribution is 6.31. The van der Waals surface area contributed by atoms with Crippen molar-refractivity contribution in [3.63, 3.8) is 0 Å². The average molecular weight is 389 g/mol. The van der Waals surface area contributed by atoms with E-state index in [9.17, 15) is 4.79 Å². The molecule has 0 radical (unpaired) electrons. The first-order valence-corrected chi connectivity index (χ1v) is 9.35. The van der Waals surface area contributed by atoms with Gasteiger partial charge in [-0.15, -0.1) is 0 Å². The van der Waals surface area contributed by atoms with Crippen molar-refractivity contribution in [2.45, 2.75) is 25.6 Å². The average Bonchev–Trinajstić information content (AvgIpc) is 3.14. The number of hydrogen-bond donors (Lipinski definition) is 1. The van der Waals surface area contributed by atoms with E-state index in [1.54, 1.807) is 24.4 Å². The van der Waals surface area contributed by atoms with Gasteiger partial charge in [-0.25, -0.2) is 9.97 Å². The Hall–Kier alpha value is -2.22. The van der Waals surface area contributed by atoms with E-state index in [0.717, 1.165) is 37.3 Å². The Bertz CT molecular complexity index is 827.